The Morgan fingerprint density at radius 2 is 2.00 bits per heavy atom. The van der Waals surface area contributed by atoms with Gasteiger partial charge in [0.1, 0.15) is 0 Å². The Bertz CT molecular complexity index is 923. The summed E-state index contributed by atoms with van der Waals surface area (Å²) in [5.74, 6) is 0.415. The molecule has 0 aliphatic heterocycles. The van der Waals surface area contributed by atoms with Crippen LogP contribution in [0.2, 0.25) is 0 Å². The standard InChI is InChI=1S/C19H17BrN4O2/c20-15-6-2-5-14(11-15)19(8-3-9-19)23-18(25)22-16-7-1-4-13(10-16)17-24-21-12-26-17/h1-2,4-7,10-12H,3,8-9H2,(H2,22,23,25). The monoisotopic (exact) mass is 412 g/mol. The van der Waals surface area contributed by atoms with E-state index in [2.05, 4.69) is 48.9 Å². The van der Waals surface area contributed by atoms with Gasteiger partial charge in [0, 0.05) is 15.7 Å². The molecular weight excluding hydrogens is 396 g/mol. The van der Waals surface area contributed by atoms with E-state index in [9.17, 15) is 4.79 Å². The Morgan fingerprint density at radius 3 is 2.69 bits per heavy atom. The van der Waals surface area contributed by atoms with Gasteiger partial charge in [0.15, 0.2) is 0 Å². The summed E-state index contributed by atoms with van der Waals surface area (Å²) in [6.45, 7) is 0. The first-order chi connectivity index (χ1) is 12.6. The molecule has 3 aromatic rings. The van der Waals surface area contributed by atoms with Gasteiger partial charge in [-0.15, -0.1) is 10.2 Å². The van der Waals surface area contributed by atoms with Crippen molar-refractivity contribution in [3.8, 4) is 11.5 Å². The van der Waals surface area contributed by atoms with E-state index in [1.54, 1.807) is 6.07 Å². The lowest BCUT2D eigenvalue weighted by Crippen LogP contribution is -2.52. The number of carbonyl (C=O) groups is 1. The van der Waals surface area contributed by atoms with Crippen molar-refractivity contribution in [2.24, 2.45) is 0 Å². The Hall–Kier alpha value is -2.67. The molecule has 0 saturated heterocycles. The molecule has 1 aromatic heterocycles. The number of nitrogens with one attached hydrogen (secondary N) is 2. The molecule has 0 radical (unpaired) electrons. The average molecular weight is 413 g/mol. The molecule has 2 amide bonds. The maximum Gasteiger partial charge on any atom is 0.319 e. The summed E-state index contributed by atoms with van der Waals surface area (Å²) < 4.78 is 6.21. The zero-order chi connectivity index (χ0) is 18.0. The fourth-order valence-electron chi connectivity index (χ4n) is 3.21. The third-order valence-electron chi connectivity index (χ3n) is 4.66. The lowest BCUT2D eigenvalue weighted by atomic mass is 9.72. The number of hydrogen-bond acceptors (Lipinski definition) is 4. The van der Waals surface area contributed by atoms with Crippen LogP contribution in [0.3, 0.4) is 0 Å². The highest BCUT2D eigenvalue weighted by Gasteiger charge is 2.40. The van der Waals surface area contributed by atoms with Gasteiger partial charge in [0.25, 0.3) is 0 Å². The van der Waals surface area contributed by atoms with Crippen LogP contribution in [0.25, 0.3) is 11.5 Å². The first-order valence-corrected chi connectivity index (χ1v) is 9.16. The predicted octanol–water partition coefficient (Wildman–Crippen LogP) is 4.70. The van der Waals surface area contributed by atoms with Gasteiger partial charge in [-0.2, -0.15) is 0 Å². The molecular formula is C19H17BrN4O2. The Balaban J connectivity index is 1.49. The van der Waals surface area contributed by atoms with Crippen molar-refractivity contribution < 1.29 is 9.21 Å². The van der Waals surface area contributed by atoms with Crippen LogP contribution in [0.5, 0.6) is 0 Å². The zero-order valence-electron chi connectivity index (χ0n) is 13.9. The van der Waals surface area contributed by atoms with Crippen molar-refractivity contribution in [2.45, 2.75) is 24.8 Å². The van der Waals surface area contributed by atoms with Crippen molar-refractivity contribution in [3.05, 3.63) is 65.0 Å². The summed E-state index contributed by atoms with van der Waals surface area (Å²) >= 11 is 3.51. The van der Waals surface area contributed by atoms with Crippen LogP contribution in [0, 0.1) is 0 Å². The van der Waals surface area contributed by atoms with Crippen LogP contribution in [-0.4, -0.2) is 16.2 Å². The van der Waals surface area contributed by atoms with Gasteiger partial charge in [-0.3, -0.25) is 0 Å². The Morgan fingerprint density at radius 1 is 1.15 bits per heavy atom. The minimum absolute atomic E-state index is 0.229. The number of carbonyl (C=O) groups excluding carboxylic acids is 1. The van der Waals surface area contributed by atoms with E-state index in [1.165, 1.54) is 6.39 Å². The molecule has 1 aliphatic carbocycles. The van der Waals surface area contributed by atoms with E-state index in [0.29, 0.717) is 11.6 Å². The van der Waals surface area contributed by atoms with Gasteiger partial charge in [0.05, 0.1) is 5.54 Å². The molecule has 4 rings (SSSR count). The number of rotatable bonds is 4. The number of aromatic nitrogens is 2. The molecule has 2 N–H and O–H groups in total. The number of amides is 2. The van der Waals surface area contributed by atoms with E-state index in [0.717, 1.165) is 34.9 Å². The van der Waals surface area contributed by atoms with Crippen molar-refractivity contribution in [1.82, 2.24) is 15.5 Å². The van der Waals surface area contributed by atoms with E-state index >= 15 is 0 Å². The largest absolute Gasteiger partial charge is 0.423 e. The molecule has 1 heterocycles. The Labute approximate surface area is 159 Å². The summed E-state index contributed by atoms with van der Waals surface area (Å²) in [5.41, 5.74) is 2.23. The van der Waals surface area contributed by atoms with Crippen molar-refractivity contribution in [2.75, 3.05) is 5.32 Å². The summed E-state index contributed by atoms with van der Waals surface area (Å²) in [4.78, 5) is 12.6. The molecule has 132 valence electrons. The first-order valence-electron chi connectivity index (χ1n) is 8.36. The Kier molecular flexibility index (Phi) is 4.46. The van der Waals surface area contributed by atoms with Crippen LogP contribution < -0.4 is 10.6 Å². The van der Waals surface area contributed by atoms with Crippen LogP contribution in [0.15, 0.2) is 63.8 Å². The quantitative estimate of drug-likeness (QED) is 0.650. The van der Waals surface area contributed by atoms with Crippen LogP contribution in [-0.2, 0) is 5.54 Å². The van der Waals surface area contributed by atoms with Gasteiger partial charge >= 0.3 is 6.03 Å². The maximum atomic E-state index is 12.6. The highest BCUT2D eigenvalue weighted by molar-refractivity contribution is 9.10. The van der Waals surface area contributed by atoms with E-state index in [4.69, 9.17) is 4.42 Å². The lowest BCUT2D eigenvalue weighted by molar-refractivity contribution is 0.185. The SMILES string of the molecule is O=C(Nc1cccc(-c2nnco2)c1)NC1(c2cccc(Br)c2)CCC1. The molecule has 1 fully saturated rings. The summed E-state index contributed by atoms with van der Waals surface area (Å²) in [6.07, 6.45) is 4.23. The second kappa shape index (κ2) is 6.92. The van der Waals surface area contributed by atoms with E-state index < -0.39 is 0 Å². The molecule has 0 spiro atoms. The van der Waals surface area contributed by atoms with Crippen molar-refractivity contribution >= 4 is 27.6 Å². The van der Waals surface area contributed by atoms with Crippen LogP contribution in [0.1, 0.15) is 24.8 Å². The topological polar surface area (TPSA) is 80.1 Å². The number of halogens is 1. The fraction of sp³-hybridized carbons (Fsp3) is 0.211. The second-order valence-corrected chi connectivity index (χ2v) is 7.27. The molecule has 0 atom stereocenters. The number of anilines is 1. The number of nitrogens with zero attached hydrogens (tertiary/aromatic N) is 2. The molecule has 6 nitrogen and oxygen atoms in total. The third kappa shape index (κ3) is 3.35. The highest BCUT2D eigenvalue weighted by Crippen LogP contribution is 2.42. The van der Waals surface area contributed by atoms with Gasteiger partial charge in [-0.1, -0.05) is 34.1 Å². The van der Waals surface area contributed by atoms with Gasteiger partial charge < -0.3 is 15.1 Å². The van der Waals surface area contributed by atoms with Crippen LogP contribution in [0.4, 0.5) is 10.5 Å². The normalized spacial score (nSPS) is 15.1. The smallest absolute Gasteiger partial charge is 0.319 e. The zero-order valence-corrected chi connectivity index (χ0v) is 15.5. The summed E-state index contributed by atoms with van der Waals surface area (Å²) in [7, 11) is 0. The predicted molar refractivity (Wildman–Crippen MR) is 102 cm³/mol. The fourth-order valence-corrected chi connectivity index (χ4v) is 3.61. The van der Waals surface area contributed by atoms with E-state index in [-0.39, 0.29) is 11.6 Å². The average Bonchev–Trinajstić information content (AvgIpc) is 3.13. The molecule has 0 unspecified atom stereocenters. The molecule has 2 aromatic carbocycles. The summed E-state index contributed by atoms with van der Waals surface area (Å²) in [6, 6.07) is 15.2. The van der Waals surface area contributed by atoms with Crippen molar-refractivity contribution in [3.63, 3.8) is 0 Å². The van der Waals surface area contributed by atoms with Crippen LogP contribution >= 0.6 is 15.9 Å². The lowest BCUT2D eigenvalue weighted by Gasteiger charge is -2.43. The molecule has 0 bridgehead atoms. The highest BCUT2D eigenvalue weighted by atomic mass is 79.9. The van der Waals surface area contributed by atoms with Gasteiger partial charge in [0.2, 0.25) is 12.3 Å². The molecule has 1 aliphatic rings. The van der Waals surface area contributed by atoms with E-state index in [1.807, 2.05) is 30.3 Å². The molecule has 7 heteroatoms. The minimum Gasteiger partial charge on any atom is -0.423 e. The first kappa shape index (κ1) is 16.8. The molecule has 26 heavy (non-hydrogen) atoms. The number of benzene rings is 2. The third-order valence-corrected chi connectivity index (χ3v) is 5.16. The van der Waals surface area contributed by atoms with Crippen molar-refractivity contribution in [1.29, 1.82) is 0 Å². The number of urea groups is 1. The summed E-state index contributed by atoms with van der Waals surface area (Å²) in [5, 5.41) is 13.6. The minimum atomic E-state index is -0.308. The van der Waals surface area contributed by atoms with Gasteiger partial charge in [-0.05, 0) is 55.2 Å². The maximum absolute atomic E-state index is 12.6. The second-order valence-electron chi connectivity index (χ2n) is 6.35. The van der Waals surface area contributed by atoms with Gasteiger partial charge in [-0.25, -0.2) is 4.79 Å². The number of hydrogen-bond donors (Lipinski definition) is 2. The molecule has 1 saturated carbocycles.